The van der Waals surface area contributed by atoms with Crippen molar-refractivity contribution in [2.75, 3.05) is 46.4 Å². The van der Waals surface area contributed by atoms with E-state index in [9.17, 15) is 9.59 Å². The quantitative estimate of drug-likeness (QED) is 0.696. The Balaban J connectivity index is 1.67. The van der Waals surface area contributed by atoms with E-state index in [2.05, 4.69) is 17.1 Å². The molecule has 1 fully saturated rings. The highest BCUT2D eigenvalue weighted by molar-refractivity contribution is 5.91. The van der Waals surface area contributed by atoms with E-state index in [1.165, 1.54) is 0 Å². The van der Waals surface area contributed by atoms with Gasteiger partial charge in [-0.3, -0.25) is 14.5 Å². The molecule has 0 radical (unpaired) electrons. The first-order valence-corrected chi connectivity index (χ1v) is 9.97. The fourth-order valence-corrected chi connectivity index (χ4v) is 3.04. The molecule has 2 amide bonds. The lowest BCUT2D eigenvalue weighted by Crippen LogP contribution is -2.53. The van der Waals surface area contributed by atoms with Gasteiger partial charge in [0.15, 0.2) is 0 Å². The molecule has 2 rings (SSSR count). The van der Waals surface area contributed by atoms with Crippen LogP contribution in [0, 0.1) is 5.41 Å². The summed E-state index contributed by atoms with van der Waals surface area (Å²) in [5, 5.41) is 2.92. The number of piperazine rings is 1. The Morgan fingerprint density at radius 3 is 2.36 bits per heavy atom. The number of ether oxygens (including phenoxy) is 1. The van der Waals surface area contributed by atoms with E-state index in [0.717, 1.165) is 50.5 Å². The molecule has 1 aliphatic heterocycles. The van der Waals surface area contributed by atoms with Gasteiger partial charge < -0.3 is 15.0 Å². The summed E-state index contributed by atoms with van der Waals surface area (Å²) in [7, 11) is 1.63. The third-order valence-electron chi connectivity index (χ3n) is 5.39. The molecule has 1 N–H and O–H groups in total. The highest BCUT2D eigenvalue weighted by Gasteiger charge is 2.31. The van der Waals surface area contributed by atoms with Crippen LogP contribution in [0.25, 0.3) is 6.08 Å². The molecule has 6 heteroatoms. The monoisotopic (exact) mass is 387 g/mol. The van der Waals surface area contributed by atoms with E-state index >= 15 is 0 Å². The van der Waals surface area contributed by atoms with Gasteiger partial charge in [-0.15, -0.1) is 0 Å². The molecule has 1 aliphatic rings. The molecule has 6 nitrogen and oxygen atoms in total. The van der Waals surface area contributed by atoms with Crippen molar-refractivity contribution in [3.8, 4) is 5.75 Å². The van der Waals surface area contributed by atoms with E-state index in [4.69, 9.17) is 4.74 Å². The van der Waals surface area contributed by atoms with Crippen LogP contribution in [0.4, 0.5) is 0 Å². The number of hydrogen-bond donors (Lipinski definition) is 1. The summed E-state index contributed by atoms with van der Waals surface area (Å²) in [4.78, 5) is 28.7. The zero-order valence-corrected chi connectivity index (χ0v) is 17.5. The smallest absolute Gasteiger partial charge is 0.244 e. The molecule has 1 aromatic rings. The normalized spacial score (nSPS) is 15.6. The molecule has 0 saturated carbocycles. The van der Waals surface area contributed by atoms with Gasteiger partial charge in [-0.05, 0) is 30.2 Å². The molecular weight excluding hydrogens is 354 g/mol. The summed E-state index contributed by atoms with van der Waals surface area (Å²) in [6, 6.07) is 7.54. The van der Waals surface area contributed by atoms with Crippen molar-refractivity contribution in [3.05, 3.63) is 35.9 Å². The summed E-state index contributed by atoms with van der Waals surface area (Å²) >= 11 is 0. The van der Waals surface area contributed by atoms with E-state index in [-0.39, 0.29) is 17.2 Å². The van der Waals surface area contributed by atoms with Crippen molar-refractivity contribution >= 4 is 17.9 Å². The number of rotatable bonds is 8. The predicted molar refractivity (Wildman–Crippen MR) is 112 cm³/mol. The largest absolute Gasteiger partial charge is 0.497 e. The van der Waals surface area contributed by atoms with Crippen molar-refractivity contribution in [2.24, 2.45) is 5.41 Å². The lowest BCUT2D eigenvalue weighted by molar-refractivity contribution is -0.142. The molecule has 0 aliphatic carbocycles. The zero-order valence-electron chi connectivity index (χ0n) is 17.5. The summed E-state index contributed by atoms with van der Waals surface area (Å²) in [5.41, 5.74) is 0.665. The molecule has 1 heterocycles. The second-order valence-electron chi connectivity index (χ2n) is 7.77. The van der Waals surface area contributed by atoms with Crippen LogP contribution in [-0.2, 0) is 9.59 Å². The Bertz CT molecular complexity index is 675. The van der Waals surface area contributed by atoms with Gasteiger partial charge in [-0.2, -0.15) is 0 Å². The van der Waals surface area contributed by atoms with Crippen LogP contribution >= 0.6 is 0 Å². The zero-order chi connectivity index (χ0) is 20.6. The van der Waals surface area contributed by atoms with E-state index in [0.29, 0.717) is 6.54 Å². The first-order chi connectivity index (χ1) is 13.4. The number of nitrogens with zero attached hydrogens (tertiary/aromatic N) is 2. The summed E-state index contributed by atoms with van der Waals surface area (Å²) < 4.78 is 5.12. The SMILES string of the molecule is CCC(C)(C)C(=O)N1CCN(CCNC(=O)/C=C/c2ccc(OC)cc2)CC1. The maximum atomic E-state index is 12.5. The Labute approximate surface area is 168 Å². The lowest BCUT2D eigenvalue weighted by atomic mass is 9.88. The molecule has 0 unspecified atom stereocenters. The van der Waals surface area contributed by atoms with Crippen LogP contribution in [0.2, 0.25) is 0 Å². The Hall–Kier alpha value is -2.34. The highest BCUT2D eigenvalue weighted by Crippen LogP contribution is 2.23. The number of carbonyl (C=O) groups excluding carboxylic acids is 2. The third-order valence-corrected chi connectivity index (χ3v) is 5.39. The topological polar surface area (TPSA) is 61.9 Å². The molecule has 28 heavy (non-hydrogen) atoms. The van der Waals surface area contributed by atoms with Crippen LogP contribution < -0.4 is 10.1 Å². The summed E-state index contributed by atoms with van der Waals surface area (Å²) in [6.45, 7) is 10.7. The number of nitrogens with one attached hydrogen (secondary N) is 1. The maximum absolute atomic E-state index is 12.5. The van der Waals surface area contributed by atoms with Gasteiger partial charge in [0.2, 0.25) is 11.8 Å². The van der Waals surface area contributed by atoms with Crippen LogP contribution in [0.5, 0.6) is 5.75 Å². The number of amides is 2. The molecule has 0 atom stereocenters. The minimum Gasteiger partial charge on any atom is -0.497 e. The average Bonchev–Trinajstić information content (AvgIpc) is 2.72. The van der Waals surface area contributed by atoms with Crippen molar-refractivity contribution in [3.63, 3.8) is 0 Å². The van der Waals surface area contributed by atoms with Crippen LogP contribution in [0.15, 0.2) is 30.3 Å². The van der Waals surface area contributed by atoms with Gasteiger partial charge >= 0.3 is 0 Å². The Kier molecular flexibility index (Phi) is 8.05. The average molecular weight is 388 g/mol. The Morgan fingerprint density at radius 2 is 1.79 bits per heavy atom. The third kappa shape index (κ3) is 6.37. The lowest BCUT2D eigenvalue weighted by Gasteiger charge is -2.38. The molecule has 0 bridgehead atoms. The van der Waals surface area contributed by atoms with E-state index in [1.807, 2.05) is 43.0 Å². The van der Waals surface area contributed by atoms with Crippen molar-refractivity contribution < 1.29 is 14.3 Å². The maximum Gasteiger partial charge on any atom is 0.244 e. The van der Waals surface area contributed by atoms with Gasteiger partial charge in [0.05, 0.1) is 7.11 Å². The number of methoxy groups -OCH3 is 1. The second kappa shape index (κ2) is 10.3. The molecule has 1 aromatic carbocycles. The molecular formula is C22H33N3O3. The summed E-state index contributed by atoms with van der Waals surface area (Å²) in [6.07, 6.45) is 4.18. The first kappa shape index (κ1) is 22.0. The minimum absolute atomic E-state index is 0.102. The van der Waals surface area contributed by atoms with Crippen LogP contribution in [0.1, 0.15) is 32.8 Å². The molecule has 0 spiro atoms. The van der Waals surface area contributed by atoms with Gasteiger partial charge in [0.25, 0.3) is 0 Å². The van der Waals surface area contributed by atoms with E-state index in [1.54, 1.807) is 19.3 Å². The fraction of sp³-hybridized carbons (Fsp3) is 0.545. The van der Waals surface area contributed by atoms with E-state index < -0.39 is 0 Å². The highest BCUT2D eigenvalue weighted by atomic mass is 16.5. The van der Waals surface area contributed by atoms with Crippen LogP contribution in [-0.4, -0.2) is 68.0 Å². The van der Waals surface area contributed by atoms with Crippen LogP contribution in [0.3, 0.4) is 0 Å². The number of benzene rings is 1. The minimum atomic E-state index is -0.285. The fourth-order valence-electron chi connectivity index (χ4n) is 3.04. The number of carbonyl (C=O) groups is 2. The standard InChI is InChI=1S/C22H33N3O3/c1-5-22(2,3)21(27)25-16-14-24(15-17-25)13-12-23-20(26)11-8-18-6-9-19(28-4)10-7-18/h6-11H,5,12-17H2,1-4H3,(H,23,26)/b11-8+. The Morgan fingerprint density at radius 1 is 1.14 bits per heavy atom. The van der Waals surface area contributed by atoms with Gasteiger partial charge in [0, 0.05) is 50.8 Å². The van der Waals surface area contributed by atoms with Gasteiger partial charge in [-0.25, -0.2) is 0 Å². The van der Waals surface area contributed by atoms with Gasteiger partial charge in [0.1, 0.15) is 5.75 Å². The van der Waals surface area contributed by atoms with Crippen molar-refractivity contribution in [1.82, 2.24) is 15.1 Å². The van der Waals surface area contributed by atoms with Crippen molar-refractivity contribution in [1.29, 1.82) is 0 Å². The predicted octanol–water partition coefficient (Wildman–Crippen LogP) is 2.40. The summed E-state index contributed by atoms with van der Waals surface area (Å²) in [5.74, 6) is 0.933. The van der Waals surface area contributed by atoms with Gasteiger partial charge in [-0.1, -0.05) is 32.9 Å². The second-order valence-corrected chi connectivity index (χ2v) is 7.77. The molecule has 1 saturated heterocycles. The molecule has 154 valence electrons. The first-order valence-electron chi connectivity index (χ1n) is 9.97. The molecule has 0 aromatic heterocycles. The van der Waals surface area contributed by atoms with Crippen molar-refractivity contribution in [2.45, 2.75) is 27.2 Å². The number of hydrogen-bond acceptors (Lipinski definition) is 4.